The highest BCUT2D eigenvalue weighted by Gasteiger charge is 2.19. The number of fused-ring (bicyclic) bond motifs is 7. The van der Waals surface area contributed by atoms with Crippen LogP contribution in [0.2, 0.25) is 0 Å². The number of benzene rings is 10. The molecule has 0 aliphatic heterocycles. The van der Waals surface area contributed by atoms with Crippen LogP contribution < -0.4 is 4.90 Å². The van der Waals surface area contributed by atoms with Gasteiger partial charge in [-0.05, 0) is 112 Å². The normalized spacial score (nSPS) is 11.6. The van der Waals surface area contributed by atoms with Gasteiger partial charge in [0.05, 0.1) is 16.7 Å². The van der Waals surface area contributed by atoms with Gasteiger partial charge in [-0.25, -0.2) is 0 Å². The molecule has 3 nitrogen and oxygen atoms in total. The molecule has 0 saturated carbocycles. The van der Waals surface area contributed by atoms with Gasteiger partial charge in [-0.15, -0.1) is 0 Å². The van der Waals surface area contributed by atoms with E-state index >= 15 is 0 Å². The van der Waals surface area contributed by atoms with Crippen LogP contribution in [0.5, 0.6) is 0 Å². The largest absolute Gasteiger partial charge is 0.456 e. The number of anilines is 3. The van der Waals surface area contributed by atoms with E-state index in [0.717, 1.165) is 61.4 Å². The number of furan rings is 1. The topological polar surface area (TPSA) is 21.3 Å². The maximum absolute atomic E-state index is 6.29. The minimum atomic E-state index is 0.895. The van der Waals surface area contributed by atoms with Crippen LogP contribution in [-0.4, -0.2) is 4.57 Å². The van der Waals surface area contributed by atoms with E-state index in [-0.39, 0.29) is 0 Å². The lowest BCUT2D eigenvalue weighted by Crippen LogP contribution is -2.10. The van der Waals surface area contributed by atoms with Gasteiger partial charge in [0.15, 0.2) is 0 Å². The van der Waals surface area contributed by atoms with Gasteiger partial charge in [-0.2, -0.15) is 0 Å². The van der Waals surface area contributed by atoms with Crippen LogP contribution in [0.1, 0.15) is 0 Å². The lowest BCUT2D eigenvalue weighted by atomic mass is 9.97. The average molecular weight is 779 g/mol. The second-order valence-corrected chi connectivity index (χ2v) is 15.7. The minimum Gasteiger partial charge on any atom is -0.456 e. The van der Waals surface area contributed by atoms with Crippen molar-refractivity contribution in [3.05, 3.63) is 231 Å². The molecule has 0 aliphatic rings. The molecule has 0 fully saturated rings. The van der Waals surface area contributed by atoms with Crippen molar-refractivity contribution in [2.24, 2.45) is 0 Å². The van der Waals surface area contributed by atoms with Gasteiger partial charge in [0.25, 0.3) is 0 Å². The van der Waals surface area contributed by atoms with E-state index in [9.17, 15) is 0 Å². The van der Waals surface area contributed by atoms with Crippen LogP contribution in [0.25, 0.3) is 93.6 Å². The Balaban J connectivity index is 0.912. The Hall–Kier alpha value is -8.14. The van der Waals surface area contributed by atoms with E-state index in [2.05, 4.69) is 228 Å². The van der Waals surface area contributed by atoms with Gasteiger partial charge in [0.1, 0.15) is 11.2 Å². The smallest absolute Gasteiger partial charge is 0.136 e. The molecule has 12 aromatic rings. The third kappa shape index (κ3) is 5.90. The summed E-state index contributed by atoms with van der Waals surface area (Å²) in [7, 11) is 0. The zero-order valence-electron chi connectivity index (χ0n) is 33.2. The van der Waals surface area contributed by atoms with Gasteiger partial charge in [-0.3, -0.25) is 0 Å². The third-order valence-corrected chi connectivity index (χ3v) is 12.2. The number of para-hydroxylation sites is 3. The van der Waals surface area contributed by atoms with Gasteiger partial charge >= 0.3 is 0 Å². The molecule has 10 aromatic carbocycles. The molecule has 0 radical (unpaired) electrons. The van der Waals surface area contributed by atoms with Crippen LogP contribution in [0.4, 0.5) is 17.1 Å². The molecule has 0 spiro atoms. The summed E-state index contributed by atoms with van der Waals surface area (Å²) < 4.78 is 8.66. The fourth-order valence-electron chi connectivity index (χ4n) is 9.34. The van der Waals surface area contributed by atoms with Gasteiger partial charge in [-0.1, -0.05) is 158 Å². The van der Waals surface area contributed by atoms with Crippen molar-refractivity contribution in [2.45, 2.75) is 0 Å². The fraction of sp³-hybridized carbons (Fsp3) is 0. The second-order valence-electron chi connectivity index (χ2n) is 15.7. The summed E-state index contributed by atoms with van der Waals surface area (Å²) in [6.07, 6.45) is 0. The van der Waals surface area contributed by atoms with Crippen LogP contribution in [0.15, 0.2) is 235 Å². The molecule has 12 rings (SSSR count). The standard InChI is InChI=1S/C58H38N2O/c1-2-19-48-41(13-1)14-11-26-53(48)59(47-18-10-17-44(38-47)49-23-12-28-57-58(49)52-22-5-8-27-56(52)61-57)45-33-29-39(30-34-45)42-15-9-16-43(37-42)40-31-35-46(36-32-40)60-54-24-6-3-20-50(54)51-21-4-7-25-55(51)60/h1-38H. The summed E-state index contributed by atoms with van der Waals surface area (Å²) in [5, 5.41) is 7.20. The number of aromatic nitrogens is 1. The molecule has 3 heteroatoms. The monoisotopic (exact) mass is 778 g/mol. The van der Waals surface area contributed by atoms with Gasteiger partial charge < -0.3 is 13.9 Å². The lowest BCUT2D eigenvalue weighted by Gasteiger charge is -2.27. The molecule has 61 heavy (non-hydrogen) atoms. The Morgan fingerprint density at radius 2 is 0.902 bits per heavy atom. The van der Waals surface area contributed by atoms with E-state index in [4.69, 9.17) is 4.42 Å². The summed E-state index contributed by atoms with van der Waals surface area (Å²) >= 11 is 0. The Labute approximate surface area is 353 Å². The maximum Gasteiger partial charge on any atom is 0.136 e. The molecule has 0 amide bonds. The first kappa shape index (κ1) is 34.9. The highest BCUT2D eigenvalue weighted by molar-refractivity contribution is 6.13. The maximum atomic E-state index is 6.29. The van der Waals surface area contributed by atoms with E-state index < -0.39 is 0 Å². The summed E-state index contributed by atoms with van der Waals surface area (Å²) in [6, 6.07) is 82.9. The van der Waals surface area contributed by atoms with Crippen molar-refractivity contribution in [1.82, 2.24) is 4.57 Å². The SMILES string of the molecule is c1cc(-c2ccc(N(c3cccc(-c4cccc5oc6ccccc6c45)c3)c3cccc4ccccc34)cc2)cc(-c2ccc(-n3c4ccccc4c4ccccc43)cc2)c1. The molecule has 0 saturated heterocycles. The molecule has 0 bridgehead atoms. The predicted molar refractivity (Wildman–Crippen MR) is 257 cm³/mol. The molecule has 2 aromatic heterocycles. The van der Waals surface area contributed by atoms with E-state index in [1.807, 2.05) is 12.1 Å². The Kier molecular flexibility index (Phi) is 8.17. The summed E-state index contributed by atoms with van der Waals surface area (Å²) in [6.45, 7) is 0. The van der Waals surface area contributed by atoms with Crippen LogP contribution in [-0.2, 0) is 0 Å². The van der Waals surface area contributed by atoms with E-state index in [0.29, 0.717) is 0 Å². The van der Waals surface area contributed by atoms with Crippen molar-refractivity contribution in [1.29, 1.82) is 0 Å². The summed E-state index contributed by atoms with van der Waals surface area (Å²) in [4.78, 5) is 2.39. The molecule has 0 aliphatic carbocycles. The third-order valence-electron chi connectivity index (χ3n) is 12.2. The lowest BCUT2D eigenvalue weighted by molar-refractivity contribution is 0.669. The van der Waals surface area contributed by atoms with E-state index in [1.165, 1.54) is 49.3 Å². The second kappa shape index (κ2) is 14.3. The van der Waals surface area contributed by atoms with Crippen molar-refractivity contribution in [3.8, 4) is 39.1 Å². The summed E-state index contributed by atoms with van der Waals surface area (Å²) in [5.74, 6) is 0. The Morgan fingerprint density at radius 3 is 1.66 bits per heavy atom. The number of hydrogen-bond donors (Lipinski definition) is 0. The number of hydrogen-bond acceptors (Lipinski definition) is 2. The molecular weight excluding hydrogens is 741 g/mol. The van der Waals surface area contributed by atoms with E-state index in [1.54, 1.807) is 0 Å². The van der Waals surface area contributed by atoms with Crippen LogP contribution >= 0.6 is 0 Å². The number of rotatable bonds is 7. The highest BCUT2D eigenvalue weighted by Crippen LogP contribution is 2.43. The summed E-state index contributed by atoms with van der Waals surface area (Å²) in [5.41, 5.74) is 15.7. The first-order valence-electron chi connectivity index (χ1n) is 20.8. The first-order valence-corrected chi connectivity index (χ1v) is 20.8. The number of nitrogens with zero attached hydrogens (tertiary/aromatic N) is 2. The zero-order valence-corrected chi connectivity index (χ0v) is 33.2. The molecule has 0 unspecified atom stereocenters. The molecule has 2 heterocycles. The molecule has 0 atom stereocenters. The molecule has 0 N–H and O–H groups in total. The van der Waals surface area contributed by atoms with Crippen LogP contribution in [0, 0.1) is 0 Å². The zero-order chi connectivity index (χ0) is 40.3. The average Bonchev–Trinajstić information content (AvgIpc) is 3.88. The van der Waals surface area contributed by atoms with Gasteiger partial charge in [0.2, 0.25) is 0 Å². The molecule has 286 valence electrons. The minimum absolute atomic E-state index is 0.895. The van der Waals surface area contributed by atoms with Gasteiger partial charge in [0, 0.05) is 44.0 Å². The van der Waals surface area contributed by atoms with Crippen molar-refractivity contribution in [2.75, 3.05) is 4.90 Å². The van der Waals surface area contributed by atoms with Crippen molar-refractivity contribution < 1.29 is 4.42 Å². The Morgan fingerprint density at radius 1 is 0.344 bits per heavy atom. The van der Waals surface area contributed by atoms with Crippen LogP contribution in [0.3, 0.4) is 0 Å². The highest BCUT2D eigenvalue weighted by atomic mass is 16.3. The first-order chi connectivity index (χ1) is 30.2. The van der Waals surface area contributed by atoms with Crippen molar-refractivity contribution in [3.63, 3.8) is 0 Å². The fourth-order valence-corrected chi connectivity index (χ4v) is 9.34. The molecular formula is C58H38N2O. The van der Waals surface area contributed by atoms with Crippen molar-refractivity contribution >= 4 is 71.6 Å². The quantitative estimate of drug-likeness (QED) is 0.161. The predicted octanol–water partition coefficient (Wildman–Crippen LogP) is 16.3. The Bertz CT molecular complexity index is 3530.